The summed E-state index contributed by atoms with van der Waals surface area (Å²) in [7, 11) is 0. The number of anilines is 1. The fourth-order valence-corrected chi connectivity index (χ4v) is 2.91. The van der Waals surface area contributed by atoms with Crippen molar-refractivity contribution in [3.8, 4) is 11.3 Å². The lowest BCUT2D eigenvalue weighted by Gasteiger charge is -2.11. The minimum absolute atomic E-state index is 0.127. The minimum atomic E-state index is -1.12. The van der Waals surface area contributed by atoms with Gasteiger partial charge in [0.25, 0.3) is 0 Å². The van der Waals surface area contributed by atoms with E-state index in [1.165, 1.54) is 6.07 Å². The normalized spacial score (nSPS) is 10.6. The molecular weight excluding hydrogens is 408 g/mol. The van der Waals surface area contributed by atoms with E-state index in [0.717, 1.165) is 0 Å². The summed E-state index contributed by atoms with van der Waals surface area (Å²) in [6, 6.07) is 8.27. The van der Waals surface area contributed by atoms with Gasteiger partial charge in [-0.1, -0.05) is 13.8 Å². The molecule has 1 aromatic carbocycles. The Hall–Kier alpha value is -2.19. The number of carbonyl (C=O) groups excluding carboxylic acids is 1. The van der Waals surface area contributed by atoms with Crippen LogP contribution in [0.1, 0.15) is 30.8 Å². The second-order valence-corrected chi connectivity index (χ2v) is 7.03. The monoisotopic (exact) mass is 424 g/mol. The van der Waals surface area contributed by atoms with E-state index < -0.39 is 5.97 Å². The van der Waals surface area contributed by atoms with Gasteiger partial charge in [0.2, 0.25) is 11.7 Å². The molecule has 3 N–H and O–H groups in total. The van der Waals surface area contributed by atoms with E-state index in [1.54, 1.807) is 24.3 Å². The van der Waals surface area contributed by atoms with Gasteiger partial charge in [-0.2, -0.15) is 0 Å². The zero-order valence-electron chi connectivity index (χ0n) is 13.6. The van der Waals surface area contributed by atoms with Crippen molar-refractivity contribution < 1.29 is 19.1 Å². The fourth-order valence-electron chi connectivity index (χ4n) is 2.10. The Kier molecular flexibility index (Phi) is 6.33. The molecule has 0 atom stereocenters. The van der Waals surface area contributed by atoms with Gasteiger partial charge in [-0.3, -0.25) is 4.79 Å². The average Bonchev–Trinajstić information content (AvgIpc) is 2.95. The molecule has 0 spiro atoms. The minimum Gasteiger partial charge on any atom is -0.475 e. The van der Waals surface area contributed by atoms with Crippen LogP contribution >= 0.6 is 28.1 Å². The van der Waals surface area contributed by atoms with Gasteiger partial charge in [-0.25, -0.2) is 4.79 Å². The topological polar surface area (TPSA) is 91.6 Å². The van der Waals surface area contributed by atoms with Gasteiger partial charge in [0.15, 0.2) is 5.11 Å². The fraction of sp³-hybridized carbons (Fsp3) is 0.235. The molecule has 0 saturated heterocycles. The van der Waals surface area contributed by atoms with E-state index in [4.69, 9.17) is 21.7 Å². The van der Waals surface area contributed by atoms with Crippen molar-refractivity contribution in [3.63, 3.8) is 0 Å². The van der Waals surface area contributed by atoms with Gasteiger partial charge < -0.3 is 20.2 Å². The van der Waals surface area contributed by atoms with Crippen LogP contribution in [0.3, 0.4) is 0 Å². The number of rotatable bonds is 5. The summed E-state index contributed by atoms with van der Waals surface area (Å²) in [4.78, 5) is 22.6. The summed E-state index contributed by atoms with van der Waals surface area (Å²) < 4.78 is 5.98. The zero-order valence-corrected chi connectivity index (χ0v) is 16.0. The van der Waals surface area contributed by atoms with E-state index in [0.29, 0.717) is 27.9 Å². The van der Waals surface area contributed by atoms with Crippen molar-refractivity contribution in [1.29, 1.82) is 0 Å². The van der Waals surface area contributed by atoms with Crippen molar-refractivity contribution >= 4 is 50.8 Å². The number of hydrogen-bond acceptors (Lipinski definition) is 4. The van der Waals surface area contributed by atoms with Gasteiger partial charge >= 0.3 is 5.97 Å². The molecule has 6 nitrogen and oxygen atoms in total. The number of carboxylic acids is 1. The third kappa shape index (κ3) is 5.40. The van der Waals surface area contributed by atoms with Gasteiger partial charge in [0.05, 0.1) is 0 Å². The Balaban J connectivity index is 2.07. The molecule has 1 aromatic heterocycles. The highest BCUT2D eigenvalue weighted by atomic mass is 79.9. The van der Waals surface area contributed by atoms with Crippen molar-refractivity contribution in [1.82, 2.24) is 5.32 Å². The predicted molar refractivity (Wildman–Crippen MR) is 103 cm³/mol. The molecular formula is C17H17BrN2O4S. The largest absolute Gasteiger partial charge is 0.475 e. The van der Waals surface area contributed by atoms with Crippen LogP contribution in [-0.4, -0.2) is 22.1 Å². The number of carbonyl (C=O) groups is 2. The number of thiocarbonyl (C=S) groups is 1. The molecule has 2 aromatic rings. The molecule has 1 heterocycles. The van der Waals surface area contributed by atoms with Gasteiger partial charge in [0.1, 0.15) is 5.76 Å². The predicted octanol–water partition coefficient (Wildman–Crippen LogP) is 4.27. The summed E-state index contributed by atoms with van der Waals surface area (Å²) in [5, 5.41) is 14.7. The molecule has 0 aliphatic heterocycles. The molecule has 0 aliphatic rings. The lowest BCUT2D eigenvalue weighted by atomic mass is 10.1. The van der Waals surface area contributed by atoms with E-state index in [1.807, 2.05) is 13.8 Å². The molecule has 0 saturated carbocycles. The summed E-state index contributed by atoms with van der Waals surface area (Å²) in [6.45, 7) is 3.91. The SMILES string of the molecule is CC(C)CC(=O)NC(=S)Nc1ccc(-c2ccc(C(=O)O)o2)c(Br)c1. The molecule has 0 aliphatic carbocycles. The summed E-state index contributed by atoms with van der Waals surface area (Å²) >= 11 is 8.55. The highest BCUT2D eigenvalue weighted by Crippen LogP contribution is 2.32. The molecule has 0 radical (unpaired) electrons. The molecule has 132 valence electrons. The first kappa shape index (κ1) is 19.1. The molecule has 8 heteroatoms. The van der Waals surface area contributed by atoms with Crippen LogP contribution in [0.15, 0.2) is 39.2 Å². The molecule has 0 fully saturated rings. The second kappa shape index (κ2) is 8.26. The zero-order chi connectivity index (χ0) is 18.6. The number of aromatic carboxylic acids is 1. The van der Waals surface area contributed by atoms with Crippen LogP contribution in [0.5, 0.6) is 0 Å². The number of benzene rings is 1. The summed E-state index contributed by atoms with van der Waals surface area (Å²) in [5.41, 5.74) is 1.38. The second-order valence-electron chi connectivity index (χ2n) is 5.76. The standard InChI is InChI=1S/C17H17BrN2O4S/c1-9(2)7-15(21)20-17(25)19-10-3-4-11(12(18)8-10)13-5-6-14(24-13)16(22)23/h3-6,8-9H,7H2,1-2H3,(H,22,23)(H2,19,20,21,25). The molecule has 0 bridgehead atoms. The van der Waals surface area contributed by atoms with Gasteiger partial charge in [0, 0.05) is 22.1 Å². The van der Waals surface area contributed by atoms with E-state index in [9.17, 15) is 9.59 Å². The van der Waals surface area contributed by atoms with Crippen LogP contribution in [0, 0.1) is 5.92 Å². The molecule has 25 heavy (non-hydrogen) atoms. The van der Waals surface area contributed by atoms with Crippen molar-refractivity contribution in [2.24, 2.45) is 5.92 Å². The third-order valence-electron chi connectivity index (χ3n) is 3.16. The quantitative estimate of drug-likeness (QED) is 0.620. The first-order valence-corrected chi connectivity index (χ1v) is 8.70. The lowest BCUT2D eigenvalue weighted by Crippen LogP contribution is -2.34. The maximum Gasteiger partial charge on any atom is 0.371 e. The summed E-state index contributed by atoms with van der Waals surface area (Å²) in [5.74, 6) is -0.704. The van der Waals surface area contributed by atoms with Crippen LogP contribution in [0.4, 0.5) is 5.69 Å². The van der Waals surface area contributed by atoms with Crippen molar-refractivity contribution in [2.75, 3.05) is 5.32 Å². The Bertz CT molecular complexity index is 817. The van der Waals surface area contributed by atoms with Crippen LogP contribution < -0.4 is 10.6 Å². The highest BCUT2D eigenvalue weighted by molar-refractivity contribution is 9.10. The first-order valence-electron chi connectivity index (χ1n) is 7.50. The van der Waals surface area contributed by atoms with Crippen molar-refractivity contribution in [3.05, 3.63) is 40.6 Å². The van der Waals surface area contributed by atoms with Gasteiger partial charge in [-0.05, 0) is 64.4 Å². The number of nitrogens with one attached hydrogen (secondary N) is 2. The first-order chi connectivity index (χ1) is 11.8. The molecule has 2 rings (SSSR count). The Morgan fingerprint density at radius 3 is 2.56 bits per heavy atom. The Labute approximate surface area is 158 Å². The van der Waals surface area contributed by atoms with E-state index in [2.05, 4.69) is 26.6 Å². The average molecular weight is 425 g/mol. The van der Waals surface area contributed by atoms with Crippen molar-refractivity contribution in [2.45, 2.75) is 20.3 Å². The maximum atomic E-state index is 11.7. The number of halogens is 1. The van der Waals surface area contributed by atoms with Gasteiger partial charge in [-0.15, -0.1) is 0 Å². The van der Waals surface area contributed by atoms with Crippen LogP contribution in [0.25, 0.3) is 11.3 Å². The Morgan fingerprint density at radius 2 is 2.00 bits per heavy atom. The summed E-state index contributed by atoms with van der Waals surface area (Å²) in [6.07, 6.45) is 0.398. The lowest BCUT2D eigenvalue weighted by molar-refractivity contribution is -0.120. The third-order valence-corrected chi connectivity index (χ3v) is 4.02. The highest BCUT2D eigenvalue weighted by Gasteiger charge is 2.13. The van der Waals surface area contributed by atoms with E-state index >= 15 is 0 Å². The van der Waals surface area contributed by atoms with Crippen LogP contribution in [-0.2, 0) is 4.79 Å². The molecule has 1 amide bonds. The molecule has 0 unspecified atom stereocenters. The number of furan rings is 1. The van der Waals surface area contributed by atoms with Crippen LogP contribution in [0.2, 0.25) is 0 Å². The number of hydrogen-bond donors (Lipinski definition) is 3. The maximum absolute atomic E-state index is 11.7. The Morgan fingerprint density at radius 1 is 1.28 bits per heavy atom. The van der Waals surface area contributed by atoms with E-state index in [-0.39, 0.29) is 22.7 Å². The number of carboxylic acid groups (broad SMARTS) is 1. The smallest absolute Gasteiger partial charge is 0.371 e. The number of amides is 1.